The van der Waals surface area contributed by atoms with Crippen LogP contribution in [0.3, 0.4) is 0 Å². The Hall–Kier alpha value is -3.53. The predicted molar refractivity (Wildman–Crippen MR) is 130 cm³/mol. The molecule has 1 aromatic heterocycles. The van der Waals surface area contributed by atoms with E-state index in [4.69, 9.17) is 4.74 Å². The maximum Gasteiger partial charge on any atom is 0.251 e. The molecule has 0 spiro atoms. The molecule has 0 atom stereocenters. The van der Waals surface area contributed by atoms with Crippen LogP contribution in [0.25, 0.3) is 0 Å². The molecule has 0 radical (unpaired) electrons. The number of aromatic nitrogens is 2. The van der Waals surface area contributed by atoms with Crippen LogP contribution in [-0.2, 0) is 13.0 Å². The van der Waals surface area contributed by atoms with Crippen molar-refractivity contribution in [2.75, 3.05) is 46.8 Å². The minimum Gasteiger partial charge on any atom is -0.494 e. The summed E-state index contributed by atoms with van der Waals surface area (Å²) in [5.41, 5.74) is 2.36. The Balaban J connectivity index is 1.97. The van der Waals surface area contributed by atoms with Gasteiger partial charge < -0.3 is 20.3 Å². The summed E-state index contributed by atoms with van der Waals surface area (Å²) in [6.07, 6.45) is 7.74. The van der Waals surface area contributed by atoms with Crippen molar-refractivity contribution in [3.05, 3.63) is 53.2 Å². The molecule has 0 bridgehead atoms. The van der Waals surface area contributed by atoms with Crippen molar-refractivity contribution in [2.45, 2.75) is 19.4 Å². The van der Waals surface area contributed by atoms with Gasteiger partial charge in [0.15, 0.2) is 11.6 Å². The number of halogens is 1. The number of anilines is 1. The van der Waals surface area contributed by atoms with E-state index in [2.05, 4.69) is 37.3 Å². The standard InChI is InChI=1S/C23H32FN7O2/c1-25-12-17(13-27-16-28-20-14-29-31(15-20)9-8-30(3)4)6-7-18-10-19(23(32)26-2)11-21(33-5)22(18)24/h10-15,28H,1,6-9,16H2,2-5H3,(H,26,32)/b17-12-,27-13-. The first-order valence-corrected chi connectivity index (χ1v) is 10.5. The number of ether oxygens (including phenoxy) is 1. The summed E-state index contributed by atoms with van der Waals surface area (Å²) >= 11 is 0. The number of methoxy groups -OCH3 is 1. The first kappa shape index (κ1) is 25.7. The van der Waals surface area contributed by atoms with Gasteiger partial charge in [-0.3, -0.25) is 19.5 Å². The van der Waals surface area contributed by atoms with Crippen LogP contribution in [0.15, 0.2) is 46.3 Å². The second kappa shape index (κ2) is 13.1. The lowest BCUT2D eigenvalue weighted by Crippen LogP contribution is -2.18. The fourth-order valence-electron chi connectivity index (χ4n) is 3.00. The highest BCUT2D eigenvalue weighted by atomic mass is 19.1. The van der Waals surface area contributed by atoms with Gasteiger partial charge in [0, 0.05) is 37.8 Å². The lowest BCUT2D eigenvalue weighted by atomic mass is 10.0. The van der Waals surface area contributed by atoms with E-state index in [1.165, 1.54) is 26.3 Å². The maximum atomic E-state index is 14.7. The van der Waals surface area contributed by atoms with Gasteiger partial charge in [-0.15, -0.1) is 0 Å². The highest BCUT2D eigenvalue weighted by Crippen LogP contribution is 2.25. The first-order chi connectivity index (χ1) is 15.9. The summed E-state index contributed by atoms with van der Waals surface area (Å²) in [5, 5.41) is 10.0. The van der Waals surface area contributed by atoms with E-state index < -0.39 is 5.82 Å². The van der Waals surface area contributed by atoms with Gasteiger partial charge in [-0.1, -0.05) is 0 Å². The molecule has 2 N–H and O–H groups in total. The number of amides is 1. The van der Waals surface area contributed by atoms with Gasteiger partial charge in [-0.2, -0.15) is 5.10 Å². The van der Waals surface area contributed by atoms with Gasteiger partial charge in [0.05, 0.1) is 25.5 Å². The predicted octanol–water partition coefficient (Wildman–Crippen LogP) is 2.61. The number of aryl methyl sites for hydroxylation is 1. The zero-order valence-corrected chi connectivity index (χ0v) is 19.6. The number of allylic oxidation sites excluding steroid dienone is 1. The molecule has 0 saturated carbocycles. The number of rotatable bonds is 13. The molecule has 2 aromatic rings. The quantitative estimate of drug-likeness (QED) is 0.451. The van der Waals surface area contributed by atoms with Crippen molar-refractivity contribution < 1.29 is 13.9 Å². The monoisotopic (exact) mass is 457 g/mol. The molecular formula is C23H32FN7O2. The lowest BCUT2D eigenvalue weighted by molar-refractivity contribution is 0.0962. The third kappa shape index (κ3) is 8.15. The molecule has 1 heterocycles. The summed E-state index contributed by atoms with van der Waals surface area (Å²) in [4.78, 5) is 22.3. The van der Waals surface area contributed by atoms with Crippen molar-refractivity contribution in [3.63, 3.8) is 0 Å². The second-order valence-corrected chi connectivity index (χ2v) is 7.56. The zero-order chi connectivity index (χ0) is 24.2. The molecule has 33 heavy (non-hydrogen) atoms. The molecule has 0 unspecified atom stereocenters. The molecule has 0 aliphatic heterocycles. The van der Waals surface area contributed by atoms with Crippen LogP contribution in [0.1, 0.15) is 22.3 Å². The third-order valence-corrected chi connectivity index (χ3v) is 4.81. The van der Waals surface area contributed by atoms with Crippen LogP contribution >= 0.6 is 0 Å². The highest BCUT2D eigenvalue weighted by Gasteiger charge is 2.15. The Kier molecular flexibility index (Phi) is 10.2. The van der Waals surface area contributed by atoms with Crippen LogP contribution < -0.4 is 15.4 Å². The van der Waals surface area contributed by atoms with Gasteiger partial charge >= 0.3 is 0 Å². The molecular weight excluding hydrogens is 425 g/mol. The summed E-state index contributed by atoms with van der Waals surface area (Å²) in [7, 11) is 6.93. The molecule has 2 rings (SSSR count). The van der Waals surface area contributed by atoms with Crippen molar-refractivity contribution in [3.8, 4) is 5.75 Å². The number of hydrogen-bond donors (Lipinski definition) is 2. The Bertz CT molecular complexity index is 999. The number of aliphatic imine (C=N–C) groups is 2. The van der Waals surface area contributed by atoms with Gasteiger partial charge in [-0.25, -0.2) is 4.39 Å². The number of nitrogens with one attached hydrogen (secondary N) is 2. The summed E-state index contributed by atoms with van der Waals surface area (Å²) in [6, 6.07) is 2.91. The largest absolute Gasteiger partial charge is 0.494 e. The van der Waals surface area contributed by atoms with Crippen LogP contribution in [0.4, 0.5) is 10.1 Å². The molecule has 9 nitrogen and oxygen atoms in total. The van der Waals surface area contributed by atoms with Gasteiger partial charge in [-0.05, 0) is 56.9 Å². The average molecular weight is 458 g/mol. The lowest BCUT2D eigenvalue weighted by Gasteiger charge is -2.11. The fourth-order valence-corrected chi connectivity index (χ4v) is 3.00. The normalized spacial score (nSPS) is 11.8. The zero-order valence-electron chi connectivity index (χ0n) is 19.6. The highest BCUT2D eigenvalue weighted by molar-refractivity contribution is 5.94. The number of likely N-dealkylation sites (N-methyl/N-ethyl adjacent to an activating group) is 1. The van der Waals surface area contributed by atoms with Crippen LogP contribution in [0.5, 0.6) is 5.75 Å². The van der Waals surface area contributed by atoms with E-state index in [1.54, 1.807) is 18.6 Å². The van der Waals surface area contributed by atoms with Crippen molar-refractivity contribution >= 4 is 24.5 Å². The van der Waals surface area contributed by atoms with Crippen LogP contribution in [0, 0.1) is 5.82 Å². The van der Waals surface area contributed by atoms with E-state index in [0.29, 0.717) is 30.6 Å². The maximum absolute atomic E-state index is 14.7. The second-order valence-electron chi connectivity index (χ2n) is 7.56. The third-order valence-electron chi connectivity index (χ3n) is 4.81. The first-order valence-electron chi connectivity index (χ1n) is 10.5. The minimum absolute atomic E-state index is 0.0301. The summed E-state index contributed by atoms with van der Waals surface area (Å²) in [5.74, 6) is -0.765. The SMILES string of the molecule is C=N/C=C(\C=N/CNc1cnn(CCN(C)C)c1)CCc1cc(C(=O)NC)cc(OC)c1F. The van der Waals surface area contributed by atoms with Crippen molar-refractivity contribution in [2.24, 2.45) is 9.98 Å². The fraction of sp³-hybridized carbons (Fsp3) is 0.391. The van der Waals surface area contributed by atoms with Gasteiger partial charge in [0.1, 0.15) is 6.67 Å². The van der Waals surface area contributed by atoms with E-state index >= 15 is 0 Å². The van der Waals surface area contributed by atoms with E-state index in [0.717, 1.165) is 24.4 Å². The van der Waals surface area contributed by atoms with E-state index in [9.17, 15) is 9.18 Å². The molecule has 10 heteroatoms. The Morgan fingerprint density at radius 2 is 2.18 bits per heavy atom. The molecule has 0 fully saturated rings. The van der Waals surface area contributed by atoms with Crippen LogP contribution in [-0.4, -0.2) is 75.0 Å². The van der Waals surface area contributed by atoms with Crippen molar-refractivity contribution in [1.29, 1.82) is 0 Å². The number of carbonyl (C=O) groups is 1. The van der Waals surface area contributed by atoms with E-state index in [-0.39, 0.29) is 11.7 Å². The molecule has 178 valence electrons. The number of carbonyl (C=O) groups excluding carboxylic acids is 1. The van der Waals surface area contributed by atoms with E-state index in [1.807, 2.05) is 25.0 Å². The summed E-state index contributed by atoms with van der Waals surface area (Å²) < 4.78 is 21.6. The molecule has 0 aliphatic rings. The number of hydrogen-bond acceptors (Lipinski definition) is 7. The molecule has 1 amide bonds. The average Bonchev–Trinajstić information content (AvgIpc) is 3.26. The Morgan fingerprint density at radius 3 is 2.85 bits per heavy atom. The minimum atomic E-state index is -0.485. The summed E-state index contributed by atoms with van der Waals surface area (Å²) in [6.45, 7) is 5.55. The molecule has 0 aliphatic carbocycles. The van der Waals surface area contributed by atoms with Gasteiger partial charge in [0.2, 0.25) is 0 Å². The van der Waals surface area contributed by atoms with Crippen LogP contribution in [0.2, 0.25) is 0 Å². The number of benzene rings is 1. The Morgan fingerprint density at radius 1 is 1.39 bits per heavy atom. The smallest absolute Gasteiger partial charge is 0.251 e. The van der Waals surface area contributed by atoms with Gasteiger partial charge in [0.25, 0.3) is 5.91 Å². The topological polar surface area (TPSA) is 96.1 Å². The molecule has 1 aromatic carbocycles. The molecule has 0 saturated heterocycles. The Labute approximate surface area is 194 Å². The van der Waals surface area contributed by atoms with Crippen molar-refractivity contribution in [1.82, 2.24) is 20.0 Å². The number of nitrogens with zero attached hydrogens (tertiary/aromatic N) is 5.